The highest BCUT2D eigenvalue weighted by Gasteiger charge is 2.11. The van der Waals surface area contributed by atoms with Gasteiger partial charge < -0.3 is 9.84 Å². The Balaban J connectivity index is 2.01. The summed E-state index contributed by atoms with van der Waals surface area (Å²) >= 11 is 0. The lowest BCUT2D eigenvalue weighted by molar-refractivity contribution is 0.0943. The predicted molar refractivity (Wildman–Crippen MR) is 56.6 cm³/mol. The third-order valence-electron chi connectivity index (χ3n) is 2.12. The molecule has 0 saturated carbocycles. The third-order valence-corrected chi connectivity index (χ3v) is 2.12. The molecule has 0 fully saturated rings. The normalized spacial score (nSPS) is 10.2. The first-order valence-corrected chi connectivity index (χ1v) is 4.96. The maximum atomic E-state index is 13.2. The highest BCUT2D eigenvalue weighted by molar-refractivity contribution is 5.94. The van der Waals surface area contributed by atoms with Gasteiger partial charge in [-0.2, -0.15) is 0 Å². The van der Waals surface area contributed by atoms with Crippen molar-refractivity contribution in [3.63, 3.8) is 0 Å². The molecule has 5 nitrogen and oxygen atoms in total. The quantitative estimate of drug-likeness (QED) is 0.874. The molecular weight excluding hydrogens is 225 g/mol. The molecule has 2 rings (SSSR count). The van der Waals surface area contributed by atoms with E-state index in [1.54, 1.807) is 13.0 Å². The predicted octanol–water partition coefficient (Wildman–Crippen LogP) is 1.45. The second kappa shape index (κ2) is 4.73. The van der Waals surface area contributed by atoms with Crippen molar-refractivity contribution in [1.29, 1.82) is 0 Å². The summed E-state index contributed by atoms with van der Waals surface area (Å²) in [5.41, 5.74) is 0.681. The molecule has 0 aliphatic heterocycles. The van der Waals surface area contributed by atoms with Crippen molar-refractivity contribution in [1.82, 2.24) is 15.5 Å². The van der Waals surface area contributed by atoms with Gasteiger partial charge in [0.15, 0.2) is 11.6 Å². The standard InChI is InChI=1S/C11H10FN3O2/c1-7-4-8(17-15-7)5-14-11(16)9-2-3-13-6-10(9)12/h2-4,6H,5H2,1H3,(H,14,16). The zero-order valence-electron chi connectivity index (χ0n) is 9.11. The Morgan fingerprint density at radius 1 is 1.59 bits per heavy atom. The van der Waals surface area contributed by atoms with Crippen LogP contribution in [0.5, 0.6) is 0 Å². The molecule has 0 atom stereocenters. The fourth-order valence-electron chi connectivity index (χ4n) is 1.32. The summed E-state index contributed by atoms with van der Waals surface area (Å²) in [6.45, 7) is 1.94. The number of hydrogen-bond acceptors (Lipinski definition) is 4. The molecular formula is C11H10FN3O2. The van der Waals surface area contributed by atoms with Gasteiger partial charge in [0.1, 0.15) is 0 Å². The number of nitrogens with one attached hydrogen (secondary N) is 1. The van der Waals surface area contributed by atoms with Gasteiger partial charge in [0.25, 0.3) is 5.91 Å². The molecule has 2 heterocycles. The van der Waals surface area contributed by atoms with Crippen LogP contribution in [0.1, 0.15) is 21.8 Å². The lowest BCUT2D eigenvalue weighted by atomic mass is 10.2. The summed E-state index contributed by atoms with van der Waals surface area (Å²) < 4.78 is 18.1. The van der Waals surface area contributed by atoms with E-state index >= 15 is 0 Å². The number of aromatic nitrogens is 2. The van der Waals surface area contributed by atoms with Crippen LogP contribution >= 0.6 is 0 Å². The zero-order valence-corrected chi connectivity index (χ0v) is 9.11. The van der Waals surface area contributed by atoms with Gasteiger partial charge in [-0.25, -0.2) is 4.39 Å². The van der Waals surface area contributed by atoms with Crippen LogP contribution in [0, 0.1) is 12.7 Å². The number of halogens is 1. The topological polar surface area (TPSA) is 68.0 Å². The van der Waals surface area contributed by atoms with Gasteiger partial charge in [-0.15, -0.1) is 0 Å². The molecule has 0 aromatic carbocycles. The van der Waals surface area contributed by atoms with E-state index in [0.717, 1.165) is 11.9 Å². The number of aryl methyl sites for hydroxylation is 1. The second-order valence-electron chi connectivity index (χ2n) is 3.47. The summed E-state index contributed by atoms with van der Waals surface area (Å²) in [7, 11) is 0. The average molecular weight is 235 g/mol. The van der Waals surface area contributed by atoms with Crippen molar-refractivity contribution >= 4 is 5.91 Å². The molecule has 1 N–H and O–H groups in total. The van der Waals surface area contributed by atoms with Crippen LogP contribution in [0.3, 0.4) is 0 Å². The second-order valence-corrected chi connectivity index (χ2v) is 3.47. The molecule has 0 aliphatic carbocycles. The summed E-state index contributed by atoms with van der Waals surface area (Å²) in [6, 6.07) is 3.01. The number of carbonyl (C=O) groups excluding carboxylic acids is 1. The van der Waals surface area contributed by atoms with Crippen LogP contribution < -0.4 is 5.32 Å². The average Bonchev–Trinajstić information content (AvgIpc) is 2.73. The van der Waals surface area contributed by atoms with Crippen LogP contribution in [0.25, 0.3) is 0 Å². The van der Waals surface area contributed by atoms with Crippen LogP contribution in [0.15, 0.2) is 29.0 Å². The lowest BCUT2D eigenvalue weighted by Crippen LogP contribution is -2.23. The minimum absolute atomic E-state index is 0.0452. The largest absolute Gasteiger partial charge is 0.359 e. The third kappa shape index (κ3) is 2.66. The Hall–Kier alpha value is -2.24. The number of rotatable bonds is 3. The van der Waals surface area contributed by atoms with Gasteiger partial charge in [0.05, 0.1) is 24.0 Å². The van der Waals surface area contributed by atoms with Crippen molar-refractivity contribution in [3.8, 4) is 0 Å². The van der Waals surface area contributed by atoms with E-state index in [-0.39, 0.29) is 12.1 Å². The fraction of sp³-hybridized carbons (Fsp3) is 0.182. The highest BCUT2D eigenvalue weighted by atomic mass is 19.1. The van der Waals surface area contributed by atoms with Gasteiger partial charge in [0, 0.05) is 12.3 Å². The number of pyridine rings is 1. The van der Waals surface area contributed by atoms with Crippen molar-refractivity contribution in [2.75, 3.05) is 0 Å². The maximum absolute atomic E-state index is 13.2. The van der Waals surface area contributed by atoms with Crippen LogP contribution in [0.4, 0.5) is 4.39 Å². The molecule has 0 bridgehead atoms. The van der Waals surface area contributed by atoms with E-state index in [1.807, 2.05) is 0 Å². The lowest BCUT2D eigenvalue weighted by Gasteiger charge is -2.02. The Morgan fingerprint density at radius 2 is 2.41 bits per heavy atom. The first kappa shape index (κ1) is 11.3. The number of carbonyl (C=O) groups is 1. The van der Waals surface area contributed by atoms with Crippen LogP contribution in [-0.2, 0) is 6.54 Å². The van der Waals surface area contributed by atoms with Crippen LogP contribution in [0.2, 0.25) is 0 Å². The summed E-state index contributed by atoms with van der Waals surface area (Å²) in [4.78, 5) is 15.2. The summed E-state index contributed by atoms with van der Waals surface area (Å²) in [6.07, 6.45) is 2.35. The van der Waals surface area contributed by atoms with Crippen molar-refractivity contribution in [2.24, 2.45) is 0 Å². The van der Waals surface area contributed by atoms with E-state index in [1.165, 1.54) is 12.3 Å². The molecule has 0 unspecified atom stereocenters. The molecule has 0 saturated heterocycles. The molecule has 0 radical (unpaired) electrons. The number of hydrogen-bond donors (Lipinski definition) is 1. The number of amides is 1. The first-order valence-electron chi connectivity index (χ1n) is 4.96. The Kier molecular flexibility index (Phi) is 3.13. The zero-order chi connectivity index (χ0) is 12.3. The van der Waals surface area contributed by atoms with E-state index in [4.69, 9.17) is 4.52 Å². The smallest absolute Gasteiger partial charge is 0.254 e. The summed E-state index contributed by atoms with van der Waals surface area (Å²) in [5.74, 6) is -0.650. The monoisotopic (exact) mass is 235 g/mol. The fourth-order valence-corrected chi connectivity index (χ4v) is 1.32. The molecule has 88 valence electrons. The van der Waals surface area contributed by atoms with Gasteiger partial charge in [-0.05, 0) is 13.0 Å². The van der Waals surface area contributed by atoms with E-state index in [2.05, 4.69) is 15.5 Å². The van der Waals surface area contributed by atoms with E-state index in [9.17, 15) is 9.18 Å². The van der Waals surface area contributed by atoms with Gasteiger partial charge >= 0.3 is 0 Å². The Bertz CT molecular complexity index is 539. The van der Waals surface area contributed by atoms with Crippen LogP contribution in [-0.4, -0.2) is 16.0 Å². The molecule has 0 spiro atoms. The number of nitrogens with zero attached hydrogens (tertiary/aromatic N) is 2. The minimum atomic E-state index is -0.654. The minimum Gasteiger partial charge on any atom is -0.359 e. The molecule has 2 aromatic rings. The van der Waals surface area contributed by atoms with E-state index < -0.39 is 11.7 Å². The van der Waals surface area contributed by atoms with Crippen molar-refractivity contribution in [3.05, 3.63) is 47.4 Å². The van der Waals surface area contributed by atoms with Crippen molar-refractivity contribution < 1.29 is 13.7 Å². The van der Waals surface area contributed by atoms with E-state index in [0.29, 0.717) is 5.76 Å². The van der Waals surface area contributed by atoms with Gasteiger partial charge in [0.2, 0.25) is 0 Å². The highest BCUT2D eigenvalue weighted by Crippen LogP contribution is 2.05. The molecule has 17 heavy (non-hydrogen) atoms. The van der Waals surface area contributed by atoms with Gasteiger partial charge in [-0.3, -0.25) is 9.78 Å². The van der Waals surface area contributed by atoms with Gasteiger partial charge in [-0.1, -0.05) is 5.16 Å². The molecule has 2 aromatic heterocycles. The van der Waals surface area contributed by atoms with Crippen molar-refractivity contribution in [2.45, 2.75) is 13.5 Å². The SMILES string of the molecule is Cc1cc(CNC(=O)c2ccncc2F)on1. The molecule has 1 amide bonds. The molecule has 0 aliphatic rings. The maximum Gasteiger partial charge on any atom is 0.254 e. The first-order chi connectivity index (χ1) is 8.16. The summed E-state index contributed by atoms with van der Waals surface area (Å²) in [5, 5.41) is 6.20. The Morgan fingerprint density at radius 3 is 3.06 bits per heavy atom. The molecule has 6 heteroatoms. The Labute approximate surface area is 96.6 Å².